The van der Waals surface area contributed by atoms with Crippen molar-refractivity contribution in [2.45, 2.75) is 6.92 Å². The highest BCUT2D eigenvalue weighted by molar-refractivity contribution is 5.81. The van der Waals surface area contributed by atoms with E-state index in [9.17, 15) is 0 Å². The minimum Gasteiger partial charge on any atom is -0.312 e. The molecule has 2 heteroatoms. The summed E-state index contributed by atoms with van der Waals surface area (Å²) >= 11 is 0. The molecule has 0 amide bonds. The van der Waals surface area contributed by atoms with Gasteiger partial charge in [0.25, 0.3) is 0 Å². The molecule has 2 nitrogen and oxygen atoms in total. The van der Waals surface area contributed by atoms with Crippen LogP contribution < -0.4 is 0 Å². The average Bonchev–Trinajstić information content (AvgIpc) is 1.68. The quantitative estimate of drug-likeness (QED) is 0.500. The third-order valence-electron chi connectivity index (χ3n) is 0.647. The van der Waals surface area contributed by atoms with Crippen LogP contribution in [0.3, 0.4) is 0 Å². The first-order valence-corrected chi connectivity index (χ1v) is 2.24. The van der Waals surface area contributed by atoms with Crippen LogP contribution in [0.2, 0.25) is 0 Å². The van der Waals surface area contributed by atoms with E-state index in [1.54, 1.807) is 13.3 Å². The number of rotatable bonds is 2. The van der Waals surface area contributed by atoms with Crippen LogP contribution in [-0.2, 0) is 0 Å². The molecule has 0 aliphatic carbocycles. The van der Waals surface area contributed by atoms with Gasteiger partial charge < -0.3 is 10.4 Å². The Hall–Kier alpha value is -0.660. The van der Waals surface area contributed by atoms with E-state index in [4.69, 9.17) is 5.41 Å². The van der Waals surface area contributed by atoms with Crippen molar-refractivity contribution in [2.75, 3.05) is 7.05 Å². The molecule has 0 fully saturated rings. The fraction of sp³-hybridized carbons (Fsp3) is 0.600. The van der Waals surface area contributed by atoms with Crippen molar-refractivity contribution >= 4 is 12.4 Å². The van der Waals surface area contributed by atoms with E-state index in [1.807, 2.05) is 6.92 Å². The first-order chi connectivity index (χ1) is 3.31. The van der Waals surface area contributed by atoms with Crippen molar-refractivity contribution in [2.24, 2.45) is 10.9 Å². The second-order valence-corrected chi connectivity index (χ2v) is 1.43. The van der Waals surface area contributed by atoms with Crippen molar-refractivity contribution in [3.63, 3.8) is 0 Å². The molecule has 1 atom stereocenters. The van der Waals surface area contributed by atoms with Gasteiger partial charge in [-0.15, -0.1) is 0 Å². The normalized spacial score (nSPS) is 14.6. The smallest absolute Gasteiger partial charge is 0.0273 e. The third-order valence-corrected chi connectivity index (χ3v) is 0.647. The molecule has 0 heterocycles. The van der Waals surface area contributed by atoms with Crippen LogP contribution in [0, 0.1) is 11.3 Å². The Bertz CT molecular complexity index is 76.1. The standard InChI is InChI=1S/C5H10N2/c1-5(3-6)4-7-2/h3-6H,1-2H3. The van der Waals surface area contributed by atoms with Gasteiger partial charge in [-0.05, 0) is 0 Å². The maximum Gasteiger partial charge on any atom is 0.0273 e. The summed E-state index contributed by atoms with van der Waals surface area (Å²) in [5, 5.41) is 6.70. The van der Waals surface area contributed by atoms with Gasteiger partial charge in [-0.25, -0.2) is 0 Å². The Labute approximate surface area is 43.8 Å². The maximum atomic E-state index is 6.70. The van der Waals surface area contributed by atoms with Crippen molar-refractivity contribution in [3.05, 3.63) is 0 Å². The summed E-state index contributed by atoms with van der Waals surface area (Å²) in [6.45, 7) is 1.92. The number of hydrogen-bond acceptors (Lipinski definition) is 2. The van der Waals surface area contributed by atoms with Crippen LogP contribution in [0.4, 0.5) is 0 Å². The Balaban J connectivity index is 3.35. The van der Waals surface area contributed by atoms with Gasteiger partial charge >= 0.3 is 0 Å². The molecule has 0 aromatic rings. The molecule has 0 aromatic heterocycles. The lowest BCUT2D eigenvalue weighted by Gasteiger charge is -1.87. The molecule has 1 N–H and O–H groups in total. The minimum absolute atomic E-state index is 0.199. The molecule has 0 bridgehead atoms. The average molecular weight is 98.1 g/mol. The minimum atomic E-state index is 0.199. The lowest BCUT2D eigenvalue weighted by Crippen LogP contribution is -1.94. The highest BCUT2D eigenvalue weighted by Gasteiger charge is 1.84. The molecule has 40 valence electrons. The lowest BCUT2D eigenvalue weighted by atomic mass is 10.2. The van der Waals surface area contributed by atoms with Crippen LogP contribution in [0.15, 0.2) is 4.99 Å². The summed E-state index contributed by atoms with van der Waals surface area (Å²) in [5.74, 6) is 0.199. The molecule has 0 aromatic carbocycles. The molecule has 1 unspecified atom stereocenters. The molecule has 0 saturated carbocycles. The molecule has 7 heavy (non-hydrogen) atoms. The Kier molecular flexibility index (Phi) is 3.19. The third kappa shape index (κ3) is 3.16. The SMILES string of the molecule is CN=CC(C)C=N. The van der Waals surface area contributed by atoms with Crippen LogP contribution >= 0.6 is 0 Å². The summed E-state index contributed by atoms with van der Waals surface area (Å²) in [4.78, 5) is 3.73. The fourth-order valence-corrected chi connectivity index (χ4v) is 0.278. The van der Waals surface area contributed by atoms with Crippen molar-refractivity contribution in [1.82, 2.24) is 0 Å². The summed E-state index contributed by atoms with van der Waals surface area (Å²) in [7, 11) is 1.71. The molecule has 0 aliphatic heterocycles. The van der Waals surface area contributed by atoms with Gasteiger partial charge in [-0.1, -0.05) is 6.92 Å². The van der Waals surface area contributed by atoms with Crippen LogP contribution in [0.5, 0.6) is 0 Å². The molecular weight excluding hydrogens is 88.1 g/mol. The summed E-state index contributed by atoms with van der Waals surface area (Å²) in [6, 6.07) is 0. The van der Waals surface area contributed by atoms with E-state index in [0.717, 1.165) is 0 Å². The first kappa shape index (κ1) is 6.34. The van der Waals surface area contributed by atoms with Gasteiger partial charge in [0.1, 0.15) is 0 Å². The first-order valence-electron chi connectivity index (χ1n) is 2.24. The zero-order valence-corrected chi connectivity index (χ0v) is 4.68. The van der Waals surface area contributed by atoms with Gasteiger partial charge in [0.2, 0.25) is 0 Å². The van der Waals surface area contributed by atoms with Gasteiger partial charge in [-0.2, -0.15) is 0 Å². The van der Waals surface area contributed by atoms with Crippen molar-refractivity contribution in [3.8, 4) is 0 Å². The van der Waals surface area contributed by atoms with E-state index in [-0.39, 0.29) is 5.92 Å². The predicted molar refractivity (Wildman–Crippen MR) is 32.4 cm³/mol. The van der Waals surface area contributed by atoms with E-state index in [0.29, 0.717) is 0 Å². The molecule has 0 aliphatic rings. The highest BCUT2D eigenvalue weighted by Crippen LogP contribution is 1.79. The highest BCUT2D eigenvalue weighted by atomic mass is 14.6. The second kappa shape index (κ2) is 3.53. The van der Waals surface area contributed by atoms with E-state index < -0.39 is 0 Å². The summed E-state index contributed by atoms with van der Waals surface area (Å²) in [5.41, 5.74) is 0. The molecule has 0 saturated heterocycles. The molecule has 0 radical (unpaired) electrons. The van der Waals surface area contributed by atoms with Crippen LogP contribution in [-0.4, -0.2) is 19.5 Å². The number of nitrogens with zero attached hydrogens (tertiary/aromatic N) is 1. The summed E-state index contributed by atoms with van der Waals surface area (Å²) in [6.07, 6.45) is 3.08. The lowest BCUT2D eigenvalue weighted by molar-refractivity contribution is 1.10. The largest absolute Gasteiger partial charge is 0.312 e. The molecule has 0 spiro atoms. The van der Waals surface area contributed by atoms with Crippen LogP contribution in [0.1, 0.15) is 6.92 Å². The zero-order chi connectivity index (χ0) is 5.70. The van der Waals surface area contributed by atoms with Gasteiger partial charge in [0.15, 0.2) is 0 Å². The Morgan fingerprint density at radius 3 is 2.43 bits per heavy atom. The van der Waals surface area contributed by atoms with Crippen LogP contribution in [0.25, 0.3) is 0 Å². The maximum absolute atomic E-state index is 6.70. The summed E-state index contributed by atoms with van der Waals surface area (Å²) < 4.78 is 0. The van der Waals surface area contributed by atoms with Gasteiger partial charge in [0.05, 0.1) is 0 Å². The molecule has 0 rings (SSSR count). The van der Waals surface area contributed by atoms with E-state index >= 15 is 0 Å². The van der Waals surface area contributed by atoms with Crippen molar-refractivity contribution < 1.29 is 0 Å². The zero-order valence-electron chi connectivity index (χ0n) is 4.68. The second-order valence-electron chi connectivity index (χ2n) is 1.43. The van der Waals surface area contributed by atoms with Gasteiger partial charge in [0, 0.05) is 25.4 Å². The topological polar surface area (TPSA) is 36.2 Å². The van der Waals surface area contributed by atoms with E-state index in [1.165, 1.54) is 6.21 Å². The monoisotopic (exact) mass is 98.1 g/mol. The molecular formula is C5H10N2. The Morgan fingerprint density at radius 2 is 2.29 bits per heavy atom. The number of aliphatic imine (C=N–C) groups is 1. The fourth-order valence-electron chi connectivity index (χ4n) is 0.278. The number of hydrogen-bond donors (Lipinski definition) is 1. The predicted octanol–water partition coefficient (Wildman–Crippen LogP) is 0.973. The Morgan fingerprint density at radius 1 is 1.71 bits per heavy atom. The van der Waals surface area contributed by atoms with Crippen molar-refractivity contribution in [1.29, 1.82) is 5.41 Å². The number of nitrogens with one attached hydrogen (secondary N) is 1. The van der Waals surface area contributed by atoms with Gasteiger partial charge in [-0.3, -0.25) is 0 Å². The van der Waals surface area contributed by atoms with E-state index in [2.05, 4.69) is 4.99 Å².